The zero-order valence-corrected chi connectivity index (χ0v) is 18.5. The standard InChI is InChI=1S/C23H30N4O4/c1-5-27(15-22(29)25-20-12-10-19(11-13-20)24-17(2)28)16-23(30)26(3)14-18-8-6-7-9-21(18)31-4/h6-13H,5,14-16H2,1-4H3,(H,24,28)(H,25,29)/p+1. The fourth-order valence-electron chi connectivity index (χ4n) is 3.11. The Bertz CT molecular complexity index is 899. The lowest BCUT2D eigenvalue weighted by Crippen LogP contribution is -3.13. The average Bonchev–Trinajstić information content (AvgIpc) is 2.74. The van der Waals surface area contributed by atoms with Crippen LogP contribution in [0, 0.1) is 0 Å². The second kappa shape index (κ2) is 11.7. The zero-order valence-electron chi connectivity index (χ0n) is 18.5. The van der Waals surface area contributed by atoms with Crippen LogP contribution in [0.1, 0.15) is 19.4 Å². The fourth-order valence-corrected chi connectivity index (χ4v) is 3.11. The lowest BCUT2D eigenvalue weighted by molar-refractivity contribution is -0.882. The molecular weight excluding hydrogens is 396 g/mol. The first-order chi connectivity index (χ1) is 14.8. The molecule has 0 heterocycles. The van der Waals surface area contributed by atoms with Crippen LogP contribution in [0.5, 0.6) is 5.75 Å². The summed E-state index contributed by atoms with van der Waals surface area (Å²) in [7, 11) is 3.36. The molecule has 8 nitrogen and oxygen atoms in total. The van der Waals surface area contributed by atoms with E-state index >= 15 is 0 Å². The van der Waals surface area contributed by atoms with Crippen molar-refractivity contribution >= 4 is 29.1 Å². The number of quaternary nitrogens is 1. The lowest BCUT2D eigenvalue weighted by atomic mass is 10.2. The van der Waals surface area contributed by atoms with Gasteiger partial charge >= 0.3 is 0 Å². The van der Waals surface area contributed by atoms with E-state index in [0.717, 1.165) is 16.2 Å². The predicted molar refractivity (Wildman–Crippen MR) is 120 cm³/mol. The first kappa shape index (κ1) is 23.9. The molecule has 31 heavy (non-hydrogen) atoms. The van der Waals surface area contributed by atoms with Crippen LogP contribution >= 0.6 is 0 Å². The molecule has 8 heteroatoms. The molecule has 2 aromatic carbocycles. The Hall–Kier alpha value is -3.39. The van der Waals surface area contributed by atoms with Crippen LogP contribution in [0.2, 0.25) is 0 Å². The van der Waals surface area contributed by atoms with Crippen LogP contribution in [0.3, 0.4) is 0 Å². The molecule has 2 aromatic rings. The summed E-state index contributed by atoms with van der Waals surface area (Å²) in [4.78, 5) is 38.7. The highest BCUT2D eigenvalue weighted by atomic mass is 16.5. The normalized spacial score (nSPS) is 11.4. The van der Waals surface area contributed by atoms with Crippen molar-refractivity contribution in [2.75, 3.05) is 44.4 Å². The van der Waals surface area contributed by atoms with Crippen molar-refractivity contribution in [3.63, 3.8) is 0 Å². The molecule has 3 amide bonds. The smallest absolute Gasteiger partial charge is 0.279 e. The molecule has 0 aliphatic carbocycles. The lowest BCUT2D eigenvalue weighted by Gasteiger charge is -2.22. The monoisotopic (exact) mass is 427 g/mol. The number of hydrogen-bond donors (Lipinski definition) is 3. The highest BCUT2D eigenvalue weighted by Crippen LogP contribution is 2.18. The van der Waals surface area contributed by atoms with Crippen molar-refractivity contribution in [1.82, 2.24) is 4.90 Å². The van der Waals surface area contributed by atoms with Gasteiger partial charge in [0.2, 0.25) is 5.91 Å². The number of anilines is 2. The summed E-state index contributed by atoms with van der Waals surface area (Å²) in [6, 6.07) is 14.5. The van der Waals surface area contributed by atoms with Crippen LogP contribution < -0.4 is 20.3 Å². The quantitative estimate of drug-likeness (QED) is 0.531. The first-order valence-electron chi connectivity index (χ1n) is 10.2. The third kappa shape index (κ3) is 7.75. The largest absolute Gasteiger partial charge is 0.496 e. The molecule has 0 aliphatic heterocycles. The molecule has 3 N–H and O–H groups in total. The fraction of sp³-hybridized carbons (Fsp3) is 0.348. The first-order valence-corrected chi connectivity index (χ1v) is 10.2. The summed E-state index contributed by atoms with van der Waals surface area (Å²) in [5.41, 5.74) is 2.23. The Labute approximate surface area is 183 Å². The van der Waals surface area contributed by atoms with Gasteiger partial charge in [-0.1, -0.05) is 18.2 Å². The highest BCUT2D eigenvalue weighted by molar-refractivity contribution is 5.92. The number of carbonyl (C=O) groups is 3. The summed E-state index contributed by atoms with van der Waals surface area (Å²) < 4.78 is 5.35. The highest BCUT2D eigenvalue weighted by Gasteiger charge is 2.20. The van der Waals surface area contributed by atoms with Gasteiger partial charge in [-0.05, 0) is 37.3 Å². The molecule has 0 radical (unpaired) electrons. The average molecular weight is 428 g/mol. The Balaban J connectivity index is 1.88. The number of likely N-dealkylation sites (N-methyl/N-ethyl adjacent to an activating group) is 2. The van der Waals surface area contributed by atoms with E-state index < -0.39 is 0 Å². The zero-order chi connectivity index (χ0) is 22.8. The van der Waals surface area contributed by atoms with Crippen molar-refractivity contribution in [2.45, 2.75) is 20.4 Å². The number of methoxy groups -OCH3 is 1. The number of amides is 3. The van der Waals surface area contributed by atoms with Crippen molar-refractivity contribution in [3.8, 4) is 5.75 Å². The maximum absolute atomic E-state index is 12.7. The molecular formula is C23H31N4O4+. The Kier molecular flexibility index (Phi) is 9.02. The number of benzene rings is 2. The van der Waals surface area contributed by atoms with Crippen LogP contribution in [-0.2, 0) is 20.9 Å². The minimum absolute atomic E-state index is 0.0461. The Morgan fingerprint density at radius 3 is 2.16 bits per heavy atom. The summed E-state index contributed by atoms with van der Waals surface area (Å²) in [5, 5.41) is 5.51. The van der Waals surface area contributed by atoms with Crippen molar-refractivity contribution < 1.29 is 24.0 Å². The number of rotatable bonds is 10. The molecule has 0 aromatic heterocycles. The van der Waals surface area contributed by atoms with Gasteiger partial charge in [0, 0.05) is 37.5 Å². The number of para-hydroxylation sites is 1. The van der Waals surface area contributed by atoms with Crippen molar-refractivity contribution in [2.24, 2.45) is 0 Å². The van der Waals surface area contributed by atoms with Crippen LogP contribution in [-0.4, -0.2) is 56.4 Å². The van der Waals surface area contributed by atoms with E-state index in [1.54, 1.807) is 43.3 Å². The molecule has 2 rings (SSSR count). The minimum atomic E-state index is -0.177. The van der Waals surface area contributed by atoms with Gasteiger partial charge in [-0.2, -0.15) is 0 Å². The molecule has 0 fully saturated rings. The van der Waals surface area contributed by atoms with Crippen molar-refractivity contribution in [1.29, 1.82) is 0 Å². The van der Waals surface area contributed by atoms with Crippen LogP contribution in [0.25, 0.3) is 0 Å². The molecule has 0 bridgehead atoms. The third-order valence-electron chi connectivity index (χ3n) is 4.83. The second-order valence-electron chi connectivity index (χ2n) is 7.33. The molecule has 1 atom stereocenters. The van der Waals surface area contributed by atoms with Crippen molar-refractivity contribution in [3.05, 3.63) is 54.1 Å². The number of ether oxygens (including phenoxy) is 1. The van der Waals surface area contributed by atoms with Gasteiger partial charge in [-0.25, -0.2) is 0 Å². The minimum Gasteiger partial charge on any atom is -0.496 e. The molecule has 0 aliphatic rings. The van der Waals surface area contributed by atoms with E-state index in [4.69, 9.17) is 4.74 Å². The summed E-state index contributed by atoms with van der Waals surface area (Å²) in [6.45, 7) is 4.86. The number of carbonyl (C=O) groups excluding carboxylic acids is 3. The van der Waals surface area contributed by atoms with E-state index in [2.05, 4.69) is 10.6 Å². The van der Waals surface area contributed by atoms with E-state index in [9.17, 15) is 14.4 Å². The topological polar surface area (TPSA) is 92.2 Å². The number of hydrogen-bond acceptors (Lipinski definition) is 4. The molecule has 0 saturated carbocycles. The number of nitrogens with zero attached hydrogens (tertiary/aromatic N) is 1. The third-order valence-corrected chi connectivity index (χ3v) is 4.83. The SMILES string of the molecule is CC[NH+](CC(=O)Nc1ccc(NC(C)=O)cc1)CC(=O)N(C)Cc1ccccc1OC. The maximum Gasteiger partial charge on any atom is 0.279 e. The van der Waals surface area contributed by atoms with Gasteiger partial charge in [0.25, 0.3) is 11.8 Å². The molecule has 166 valence electrons. The molecule has 0 saturated heterocycles. The van der Waals surface area contributed by atoms with Gasteiger partial charge < -0.3 is 25.2 Å². The van der Waals surface area contributed by atoms with Gasteiger partial charge in [0.15, 0.2) is 13.1 Å². The maximum atomic E-state index is 12.7. The summed E-state index contributed by atoms with van der Waals surface area (Å²) in [5.74, 6) is 0.365. The second-order valence-corrected chi connectivity index (χ2v) is 7.33. The Morgan fingerprint density at radius 1 is 0.968 bits per heavy atom. The van der Waals surface area contributed by atoms with Gasteiger partial charge in [0.05, 0.1) is 13.7 Å². The number of nitrogens with one attached hydrogen (secondary N) is 3. The van der Waals surface area contributed by atoms with Crippen LogP contribution in [0.4, 0.5) is 11.4 Å². The van der Waals surface area contributed by atoms with E-state index in [0.29, 0.717) is 24.5 Å². The van der Waals surface area contributed by atoms with Crippen LogP contribution in [0.15, 0.2) is 48.5 Å². The Morgan fingerprint density at radius 2 is 1.58 bits per heavy atom. The summed E-state index contributed by atoms with van der Waals surface area (Å²) in [6.07, 6.45) is 0. The van der Waals surface area contributed by atoms with Gasteiger partial charge in [0.1, 0.15) is 5.75 Å². The molecule has 0 spiro atoms. The van der Waals surface area contributed by atoms with E-state index in [1.165, 1.54) is 6.92 Å². The predicted octanol–water partition coefficient (Wildman–Crippen LogP) is 1.16. The van der Waals surface area contributed by atoms with E-state index in [-0.39, 0.29) is 30.8 Å². The summed E-state index contributed by atoms with van der Waals surface area (Å²) >= 11 is 0. The van der Waals surface area contributed by atoms with E-state index in [1.807, 2.05) is 31.2 Å². The van der Waals surface area contributed by atoms with Gasteiger partial charge in [-0.3, -0.25) is 14.4 Å². The van der Waals surface area contributed by atoms with Gasteiger partial charge in [-0.15, -0.1) is 0 Å². The molecule has 1 unspecified atom stereocenters.